The second-order valence-electron chi connectivity index (χ2n) is 7.39. The van der Waals surface area contributed by atoms with E-state index < -0.39 is 7.92 Å². The largest absolute Gasteiger partial charge is 1.00 e. The summed E-state index contributed by atoms with van der Waals surface area (Å²) in [4.78, 5) is 0. The van der Waals surface area contributed by atoms with Crippen molar-refractivity contribution in [2.24, 2.45) is 0 Å². The van der Waals surface area contributed by atoms with E-state index in [4.69, 9.17) is 15.3 Å². The van der Waals surface area contributed by atoms with Gasteiger partial charge in [0.2, 0.25) is 0 Å². The zero-order valence-electron chi connectivity index (χ0n) is 20.0. The maximum Gasteiger partial charge on any atom is 0.0668 e. The third-order valence-electron chi connectivity index (χ3n) is 4.60. The Morgan fingerprint density at radius 2 is 0.485 bits per heavy atom. The van der Waals surface area contributed by atoms with Crippen LogP contribution in [-0.2, 0) is 20.1 Å². The molecule has 0 bridgehead atoms. The normalized spacial score (nSPS) is 19.6. The average molecular weight is 676 g/mol. The summed E-state index contributed by atoms with van der Waals surface area (Å²) in [5.74, 6) is 0. The molecule has 6 heteroatoms. The van der Waals surface area contributed by atoms with Crippen LogP contribution in [0.4, 0.5) is 0 Å². The summed E-state index contributed by atoms with van der Waals surface area (Å²) < 4.78 is 0. The van der Waals surface area contributed by atoms with Crippen molar-refractivity contribution < 1.29 is 47.8 Å². The van der Waals surface area contributed by atoms with Crippen LogP contribution in [0.5, 0.6) is 0 Å². The molecule has 3 nitrogen and oxygen atoms in total. The summed E-state index contributed by atoms with van der Waals surface area (Å²) in [5.41, 5.74) is 0. The van der Waals surface area contributed by atoms with Gasteiger partial charge in [-0.1, -0.05) is 0 Å². The molecule has 3 rings (SSSR count). The number of hydrogen-bond donors (Lipinski definition) is 3. The Kier molecular flexibility index (Phi) is 41.6. The van der Waals surface area contributed by atoms with Gasteiger partial charge in [0.05, 0.1) is 19.0 Å². The van der Waals surface area contributed by atoms with Gasteiger partial charge in [-0.25, -0.2) is 0 Å². The Morgan fingerprint density at radius 1 is 0.364 bits per heavy atom. The maximum atomic E-state index is 8.23. The van der Waals surface area contributed by atoms with Gasteiger partial charge in [0.15, 0.2) is 0 Å². The van der Waals surface area contributed by atoms with E-state index in [-0.39, 0.29) is 51.6 Å². The Labute approximate surface area is 228 Å². The van der Waals surface area contributed by atoms with Crippen molar-refractivity contribution in [3.63, 3.8) is 0 Å². The molecule has 3 N–H and O–H groups in total. The first-order chi connectivity index (χ1) is 15.3. The summed E-state index contributed by atoms with van der Waals surface area (Å²) in [6, 6.07) is 0. The van der Waals surface area contributed by atoms with Crippen LogP contribution in [0.25, 0.3) is 0 Å². The summed E-state index contributed by atoms with van der Waals surface area (Å²) in [7, 11) is -0.887. The van der Waals surface area contributed by atoms with Crippen LogP contribution in [0.1, 0.15) is 77.0 Å². The summed E-state index contributed by atoms with van der Waals surface area (Å²) in [5, 5.41) is 24.7. The Balaban J connectivity index is -0.000000357. The fourth-order valence-electron chi connectivity index (χ4n) is 2.70. The third kappa shape index (κ3) is 33.2. The van der Waals surface area contributed by atoms with Crippen molar-refractivity contribution >= 4 is 7.92 Å². The number of hydrogen-bond acceptors (Lipinski definition) is 3. The molecule has 3 saturated carbocycles. The molecule has 0 amide bonds. The van der Waals surface area contributed by atoms with Crippen LogP contribution in [0.2, 0.25) is 0 Å². The second-order valence-corrected chi connectivity index (χ2v) is 9.58. The first-order valence-corrected chi connectivity index (χ1v) is 13.7. The molecule has 0 aliphatic heterocycles. The van der Waals surface area contributed by atoms with Gasteiger partial charge >= 0.3 is 0 Å². The zero-order valence-corrected chi connectivity index (χ0v) is 24.1. The predicted octanol–water partition coefficient (Wildman–Crippen LogP) is 3.45. The van der Waals surface area contributed by atoms with Crippen LogP contribution in [-0.4, -0.2) is 34.4 Å². The maximum absolute atomic E-state index is 8.23. The molecule has 13 radical (unpaired) electrons. The van der Waals surface area contributed by atoms with E-state index in [1.165, 1.54) is 77.0 Å². The first-order valence-electron chi connectivity index (χ1n) is 11.8. The minimum absolute atomic E-state index is 0. The predicted molar refractivity (Wildman–Crippen MR) is 135 cm³/mol. The minimum Gasteiger partial charge on any atom is -1.00 e. The molecule has 0 aromatic carbocycles. The van der Waals surface area contributed by atoms with Crippen LogP contribution in [0, 0.1) is 77.0 Å². The van der Waals surface area contributed by atoms with Gasteiger partial charge in [-0.05, 0) is 162 Å². The molecule has 0 saturated heterocycles. The number of halogens is 1. The fourth-order valence-corrected chi connectivity index (χ4v) is 2.97. The Morgan fingerprint density at radius 3 is 0.545 bits per heavy atom. The Bertz CT molecular complexity index is 208. The van der Waals surface area contributed by atoms with Crippen molar-refractivity contribution in [3.05, 3.63) is 77.0 Å². The first kappa shape index (κ1) is 38.8. The topological polar surface area (TPSA) is 60.7 Å². The van der Waals surface area contributed by atoms with E-state index in [0.717, 1.165) is 0 Å². The van der Waals surface area contributed by atoms with Crippen molar-refractivity contribution in [1.82, 2.24) is 0 Å². The quantitative estimate of drug-likeness (QED) is 0.402. The van der Waals surface area contributed by atoms with E-state index in [1.807, 2.05) is 0 Å². The van der Waals surface area contributed by atoms with Crippen molar-refractivity contribution in [2.75, 3.05) is 19.0 Å². The molecule has 0 atom stereocenters. The molecule has 33 heavy (non-hydrogen) atoms. The van der Waals surface area contributed by atoms with E-state index in [2.05, 4.69) is 77.0 Å². The summed E-state index contributed by atoms with van der Waals surface area (Å²) >= 11 is 0. The van der Waals surface area contributed by atoms with Crippen molar-refractivity contribution in [3.8, 4) is 0 Å². The second kappa shape index (κ2) is 35.4. The van der Waals surface area contributed by atoms with Gasteiger partial charge in [0.25, 0.3) is 0 Å². The van der Waals surface area contributed by atoms with Gasteiger partial charge in [-0.2, -0.15) is 0 Å². The van der Waals surface area contributed by atoms with Crippen LogP contribution >= 0.6 is 7.92 Å². The number of aliphatic hydroxyl groups excluding tert-OH is 3. The van der Waals surface area contributed by atoms with Gasteiger partial charge in [-0.3, -0.25) is 0 Å². The van der Waals surface area contributed by atoms with E-state index in [9.17, 15) is 0 Å². The molecule has 0 heterocycles. The molecular weight excluding hydrogens is 631 g/mol. The van der Waals surface area contributed by atoms with Crippen LogP contribution < -0.4 is 12.4 Å². The van der Waals surface area contributed by atoms with E-state index in [0.29, 0.717) is 0 Å². The molecule has 3 aliphatic rings. The molecule has 0 aromatic heterocycles. The van der Waals surface area contributed by atoms with Crippen molar-refractivity contribution in [1.29, 1.82) is 0 Å². The van der Waals surface area contributed by atoms with E-state index >= 15 is 0 Å². The van der Waals surface area contributed by atoms with Gasteiger partial charge in [0, 0.05) is 20.1 Å². The zero-order chi connectivity index (χ0) is 22.7. The molecule has 3 fully saturated rings. The van der Waals surface area contributed by atoms with Gasteiger partial charge in [-0.15, -0.1) is 0 Å². The van der Waals surface area contributed by atoms with Crippen LogP contribution in [0.3, 0.4) is 0 Å². The molecule has 0 unspecified atom stereocenters. The van der Waals surface area contributed by atoms with Gasteiger partial charge < -0.3 is 27.7 Å². The van der Waals surface area contributed by atoms with Crippen LogP contribution in [0.15, 0.2) is 0 Å². The number of rotatable bonds is 3. The van der Waals surface area contributed by atoms with Gasteiger partial charge in [0.1, 0.15) is 0 Å². The monoisotopic (exact) mass is 676 g/mol. The van der Waals surface area contributed by atoms with Crippen molar-refractivity contribution in [2.45, 2.75) is 77.0 Å². The Hall–Kier alpha value is 1.25. The third-order valence-corrected chi connectivity index (χ3v) is 5.80. The summed E-state index contributed by atoms with van der Waals surface area (Å²) in [6.45, 7) is 0. The minimum atomic E-state index is -0.887. The average Bonchev–Trinajstić information content (AvgIpc) is 2.69. The molecule has 0 spiro atoms. The fraction of sp³-hybridized carbons (Fsp3) is 0.556. The molecule has 0 aromatic rings. The standard InChI is InChI=1S/3C8H12.C3H9O3P.ClH.Ir/c3*1-2-4-6-8-7-5-3-1;4-1-7(2-5)3-6;;/h3*1-2,7-8H,3-6H2;4-6H,1-3H2;1H;/p-1. The smallest absolute Gasteiger partial charge is 0.0668 e. The summed E-state index contributed by atoms with van der Waals surface area (Å²) in [6.07, 6.45) is 41.8. The molecule has 3 aliphatic carbocycles. The molecule has 193 valence electrons. The molecular formula is C27H45ClIrO3P-. The van der Waals surface area contributed by atoms with E-state index in [1.54, 1.807) is 0 Å². The number of aliphatic hydroxyl groups is 3. The SMILES string of the molecule is OCP(CO)CO.[CH]1[CH]CC[CH][CH]CC1.[CH]1[CH]CC[CH][CH]CC1.[CH]1[CH]CC[CH][CH]CC1.[Cl-].[Ir].